The number of furan rings is 1. The molecule has 0 saturated carbocycles. The van der Waals surface area contributed by atoms with E-state index in [9.17, 15) is 0 Å². The summed E-state index contributed by atoms with van der Waals surface area (Å²) in [4.78, 5) is 0. The van der Waals surface area contributed by atoms with Crippen LogP contribution in [0.15, 0.2) is 223 Å². The molecule has 0 saturated heterocycles. The Bertz CT molecular complexity index is 3440. The molecule has 4 aliphatic carbocycles. The largest absolute Gasteiger partial charge is 0.456 e. The van der Waals surface area contributed by atoms with E-state index in [0.29, 0.717) is 0 Å². The fourth-order valence-electron chi connectivity index (χ4n) is 12.7. The highest BCUT2D eigenvalue weighted by molar-refractivity contribution is 6.08. The summed E-state index contributed by atoms with van der Waals surface area (Å²) in [6.45, 7) is 0. The Morgan fingerprint density at radius 2 is 0.476 bits per heavy atom. The van der Waals surface area contributed by atoms with Crippen molar-refractivity contribution in [3.05, 3.63) is 263 Å². The summed E-state index contributed by atoms with van der Waals surface area (Å²) in [7, 11) is 0. The summed E-state index contributed by atoms with van der Waals surface area (Å²) in [6.07, 6.45) is 0. The van der Waals surface area contributed by atoms with Crippen LogP contribution in [0.3, 0.4) is 0 Å². The molecule has 0 atom stereocenters. The van der Waals surface area contributed by atoms with Crippen LogP contribution in [0.5, 0.6) is 0 Å². The van der Waals surface area contributed by atoms with E-state index in [-0.39, 0.29) is 10.8 Å². The van der Waals surface area contributed by atoms with Crippen LogP contribution in [-0.2, 0) is 10.8 Å². The third-order valence-corrected chi connectivity index (χ3v) is 15.1. The van der Waals surface area contributed by atoms with Gasteiger partial charge in [0.15, 0.2) is 0 Å². The van der Waals surface area contributed by atoms with Crippen LogP contribution in [0.1, 0.15) is 44.5 Å². The van der Waals surface area contributed by atoms with Crippen molar-refractivity contribution in [2.75, 3.05) is 0 Å². The number of hydrogen-bond acceptors (Lipinski definition) is 1. The van der Waals surface area contributed by atoms with Gasteiger partial charge in [0.2, 0.25) is 0 Å². The first-order chi connectivity index (χ1) is 31.2. The average Bonchev–Trinajstić information content (AvgIpc) is 4.12. The number of benzene rings is 10. The molecule has 2 spiro atoms. The fourth-order valence-corrected chi connectivity index (χ4v) is 12.7. The van der Waals surface area contributed by atoms with Gasteiger partial charge in [-0.2, -0.15) is 0 Å². The zero-order valence-electron chi connectivity index (χ0n) is 34.2. The zero-order valence-corrected chi connectivity index (χ0v) is 34.2. The first kappa shape index (κ1) is 33.7. The Morgan fingerprint density at radius 3 is 0.794 bits per heavy atom. The van der Waals surface area contributed by atoms with Gasteiger partial charge in [0, 0.05) is 10.8 Å². The highest BCUT2D eigenvalue weighted by Gasteiger charge is 2.53. The summed E-state index contributed by atoms with van der Waals surface area (Å²) >= 11 is 0. The fraction of sp³-hybridized carbons (Fsp3) is 0.0323. The van der Waals surface area contributed by atoms with Crippen LogP contribution in [0.4, 0.5) is 0 Å². The molecule has 1 heteroatoms. The molecule has 1 aromatic heterocycles. The molecule has 0 amide bonds. The van der Waals surface area contributed by atoms with Crippen LogP contribution in [0.2, 0.25) is 0 Å². The topological polar surface area (TPSA) is 13.1 Å². The normalized spacial score (nSPS) is 14.6. The molecule has 15 rings (SSSR count). The average molecular weight is 797 g/mol. The number of fused-ring (bicyclic) bond motifs is 23. The molecular formula is C62H36O. The second kappa shape index (κ2) is 11.9. The minimum atomic E-state index is -0.380. The van der Waals surface area contributed by atoms with Gasteiger partial charge in [0.25, 0.3) is 0 Å². The van der Waals surface area contributed by atoms with Crippen molar-refractivity contribution in [3.8, 4) is 66.8 Å². The molecule has 11 aromatic rings. The SMILES string of the molecule is c1ccc2c(c1)-c1ccccc1C21c2ccccc2-c2ccc(-c3ccc4oc5ccc(-c6ccc7c(c6)C6(c8ccccc8-c8ccccc86)c6ccccc6-7)cc5c4c3)cc21. The van der Waals surface area contributed by atoms with Crippen molar-refractivity contribution in [2.45, 2.75) is 10.8 Å². The standard InChI is InChI=1S/C62H36O/c1-7-19-51-41(13-1)42-14-2-8-20-52(42)61(51)55-23-11-5-17-45(55)47-29-25-39(35-57(47)61)37-27-31-59-49(33-37)50-34-38(28-32-60(50)63-59)40-26-30-48-46-18-6-12-24-56(46)62(58(48)36-40)53-21-9-3-15-43(53)44-16-4-10-22-54(44)62/h1-36H. The smallest absolute Gasteiger partial charge is 0.135 e. The molecule has 0 fully saturated rings. The van der Waals surface area contributed by atoms with Crippen LogP contribution in [0, 0.1) is 0 Å². The van der Waals surface area contributed by atoms with E-state index in [1.807, 2.05) is 0 Å². The van der Waals surface area contributed by atoms with Crippen LogP contribution >= 0.6 is 0 Å². The maximum atomic E-state index is 6.58. The van der Waals surface area contributed by atoms with Gasteiger partial charge in [-0.1, -0.05) is 182 Å². The molecule has 0 bridgehead atoms. The molecule has 0 radical (unpaired) electrons. The summed E-state index contributed by atoms with van der Waals surface area (Å²) in [5.74, 6) is 0. The lowest BCUT2D eigenvalue weighted by molar-refractivity contribution is 0.669. The van der Waals surface area contributed by atoms with Crippen LogP contribution < -0.4 is 0 Å². The second-order valence-corrected chi connectivity index (χ2v) is 17.8. The Morgan fingerprint density at radius 1 is 0.222 bits per heavy atom. The van der Waals surface area contributed by atoms with E-state index < -0.39 is 0 Å². The first-order valence-corrected chi connectivity index (χ1v) is 22.1. The maximum Gasteiger partial charge on any atom is 0.135 e. The minimum Gasteiger partial charge on any atom is -0.456 e. The lowest BCUT2D eigenvalue weighted by Gasteiger charge is -2.30. The predicted molar refractivity (Wildman–Crippen MR) is 257 cm³/mol. The van der Waals surface area contributed by atoms with Gasteiger partial charge in [0.05, 0.1) is 10.8 Å². The van der Waals surface area contributed by atoms with E-state index in [2.05, 4.69) is 218 Å². The van der Waals surface area contributed by atoms with E-state index in [4.69, 9.17) is 4.42 Å². The highest BCUT2D eigenvalue weighted by atomic mass is 16.3. The van der Waals surface area contributed by atoms with Crippen molar-refractivity contribution in [3.63, 3.8) is 0 Å². The molecule has 1 nitrogen and oxygen atoms in total. The summed E-state index contributed by atoms with van der Waals surface area (Å²) in [5.41, 5.74) is 27.2. The third-order valence-electron chi connectivity index (χ3n) is 15.1. The summed E-state index contributed by atoms with van der Waals surface area (Å²) in [5, 5.41) is 2.26. The van der Waals surface area contributed by atoms with E-state index in [1.54, 1.807) is 0 Å². The Hall–Kier alpha value is -8.00. The molecule has 0 N–H and O–H groups in total. The van der Waals surface area contributed by atoms with Crippen molar-refractivity contribution < 1.29 is 4.42 Å². The monoisotopic (exact) mass is 796 g/mol. The number of rotatable bonds is 2. The molecule has 10 aromatic carbocycles. The van der Waals surface area contributed by atoms with Gasteiger partial charge in [-0.05, 0) is 148 Å². The lowest BCUT2D eigenvalue weighted by atomic mass is 9.70. The summed E-state index contributed by atoms with van der Waals surface area (Å²) < 4.78 is 6.58. The zero-order chi connectivity index (χ0) is 41.0. The van der Waals surface area contributed by atoms with Crippen molar-refractivity contribution in [2.24, 2.45) is 0 Å². The van der Waals surface area contributed by atoms with Crippen molar-refractivity contribution >= 4 is 21.9 Å². The predicted octanol–water partition coefficient (Wildman–Crippen LogP) is 15.6. The van der Waals surface area contributed by atoms with Gasteiger partial charge >= 0.3 is 0 Å². The third kappa shape index (κ3) is 4.04. The lowest BCUT2D eigenvalue weighted by Crippen LogP contribution is -2.25. The van der Waals surface area contributed by atoms with Crippen molar-refractivity contribution in [1.82, 2.24) is 0 Å². The summed E-state index contributed by atoms with van der Waals surface area (Å²) in [6, 6.07) is 81.9. The Labute approximate surface area is 365 Å². The molecule has 0 aliphatic heterocycles. The van der Waals surface area contributed by atoms with Gasteiger partial charge in [-0.25, -0.2) is 0 Å². The van der Waals surface area contributed by atoms with Gasteiger partial charge in [-0.15, -0.1) is 0 Å². The van der Waals surface area contributed by atoms with Crippen molar-refractivity contribution in [1.29, 1.82) is 0 Å². The van der Waals surface area contributed by atoms with E-state index in [0.717, 1.165) is 21.9 Å². The molecular weight excluding hydrogens is 761 g/mol. The molecule has 63 heavy (non-hydrogen) atoms. The molecule has 1 heterocycles. The van der Waals surface area contributed by atoms with Crippen LogP contribution in [0.25, 0.3) is 88.7 Å². The van der Waals surface area contributed by atoms with Gasteiger partial charge in [-0.3, -0.25) is 0 Å². The van der Waals surface area contributed by atoms with Gasteiger partial charge < -0.3 is 4.42 Å². The number of hydrogen-bond donors (Lipinski definition) is 0. The minimum absolute atomic E-state index is 0.380. The molecule has 290 valence electrons. The van der Waals surface area contributed by atoms with E-state index in [1.165, 1.54) is 111 Å². The van der Waals surface area contributed by atoms with E-state index >= 15 is 0 Å². The van der Waals surface area contributed by atoms with Crippen LogP contribution in [-0.4, -0.2) is 0 Å². The molecule has 0 unspecified atom stereocenters. The van der Waals surface area contributed by atoms with Gasteiger partial charge in [0.1, 0.15) is 11.2 Å². The quantitative estimate of drug-likeness (QED) is 0.170. The maximum absolute atomic E-state index is 6.58. The first-order valence-electron chi connectivity index (χ1n) is 22.1. The molecule has 4 aliphatic rings. The second-order valence-electron chi connectivity index (χ2n) is 17.8. The highest BCUT2D eigenvalue weighted by Crippen LogP contribution is 2.64. The Balaban J connectivity index is 0.894. The Kier molecular flexibility index (Phi) is 6.35.